The second-order valence-corrected chi connectivity index (χ2v) is 6.08. The molecule has 0 atom stereocenters. The summed E-state index contributed by atoms with van der Waals surface area (Å²) < 4.78 is 7.44. The molecular weight excluding hydrogens is 254 g/mol. The van der Waals surface area contributed by atoms with E-state index in [9.17, 15) is 5.11 Å². The molecule has 1 aliphatic rings. The molecule has 3 rings (SSSR count). The van der Waals surface area contributed by atoms with Gasteiger partial charge >= 0.3 is 0 Å². The van der Waals surface area contributed by atoms with Crippen molar-refractivity contribution in [2.75, 3.05) is 0 Å². The molecule has 0 amide bonds. The Kier molecular flexibility index (Phi) is 3.11. The third-order valence-electron chi connectivity index (χ3n) is 3.52. The molecule has 0 spiro atoms. The molecular formula is C15H19N3O2. The minimum atomic E-state index is -0.188. The fraction of sp³-hybridized carbons (Fsp3) is 0.467. The maximum absolute atomic E-state index is 9.45. The second kappa shape index (κ2) is 4.68. The number of ether oxygens (including phenoxy) is 1. The second-order valence-electron chi connectivity index (χ2n) is 6.08. The van der Waals surface area contributed by atoms with Crippen molar-refractivity contribution in [3.05, 3.63) is 35.2 Å². The fourth-order valence-corrected chi connectivity index (χ4v) is 2.62. The Bertz CT molecular complexity index is 641. The number of aromatic nitrogens is 3. The molecule has 0 saturated heterocycles. The van der Waals surface area contributed by atoms with Crippen LogP contribution in [0.1, 0.15) is 37.7 Å². The van der Waals surface area contributed by atoms with Crippen LogP contribution in [0.25, 0.3) is 11.4 Å². The lowest BCUT2D eigenvalue weighted by Gasteiger charge is -2.24. The van der Waals surface area contributed by atoms with Gasteiger partial charge in [0.05, 0.1) is 13.2 Å². The molecule has 0 radical (unpaired) electrons. The van der Waals surface area contributed by atoms with Crippen molar-refractivity contribution >= 4 is 0 Å². The average molecular weight is 273 g/mol. The maximum Gasteiger partial charge on any atom is 0.164 e. The van der Waals surface area contributed by atoms with Gasteiger partial charge in [-0.1, -0.05) is 12.1 Å². The minimum absolute atomic E-state index is 0.113. The number of hydrogen-bond donors (Lipinski definition) is 1. The van der Waals surface area contributed by atoms with E-state index in [1.807, 2.05) is 10.6 Å². The molecule has 5 nitrogen and oxygen atoms in total. The van der Waals surface area contributed by atoms with E-state index in [1.54, 1.807) is 0 Å². The molecule has 1 aromatic heterocycles. The largest absolute Gasteiger partial charge is 0.388 e. The van der Waals surface area contributed by atoms with E-state index in [1.165, 1.54) is 11.1 Å². The lowest BCUT2D eigenvalue weighted by Crippen LogP contribution is -2.25. The van der Waals surface area contributed by atoms with E-state index in [-0.39, 0.29) is 12.1 Å². The van der Waals surface area contributed by atoms with Gasteiger partial charge in [0.15, 0.2) is 11.6 Å². The molecule has 0 saturated carbocycles. The van der Waals surface area contributed by atoms with Crippen LogP contribution in [0.3, 0.4) is 0 Å². The Morgan fingerprint density at radius 1 is 1.20 bits per heavy atom. The Morgan fingerprint density at radius 3 is 2.65 bits per heavy atom. The summed E-state index contributed by atoms with van der Waals surface area (Å²) in [5.74, 6) is 1.38. The summed E-state index contributed by atoms with van der Waals surface area (Å²) in [7, 11) is 0. The van der Waals surface area contributed by atoms with E-state index >= 15 is 0 Å². The summed E-state index contributed by atoms with van der Waals surface area (Å²) in [6, 6.07) is 6.23. The van der Waals surface area contributed by atoms with Crippen molar-refractivity contribution in [1.82, 2.24) is 14.8 Å². The van der Waals surface area contributed by atoms with Gasteiger partial charge in [-0.25, -0.2) is 0 Å². The van der Waals surface area contributed by atoms with Crippen LogP contribution in [0, 0.1) is 0 Å². The van der Waals surface area contributed by atoms with E-state index in [4.69, 9.17) is 4.74 Å². The molecule has 2 heterocycles. The van der Waals surface area contributed by atoms with Gasteiger partial charge in [-0.2, -0.15) is 0 Å². The minimum Gasteiger partial charge on any atom is -0.388 e. The van der Waals surface area contributed by atoms with Crippen LogP contribution in [0.4, 0.5) is 0 Å². The van der Waals surface area contributed by atoms with Crippen LogP contribution >= 0.6 is 0 Å². The highest BCUT2D eigenvalue weighted by Gasteiger charge is 2.24. The fourth-order valence-electron chi connectivity index (χ4n) is 2.62. The summed E-state index contributed by atoms with van der Waals surface area (Å²) in [6.07, 6.45) is 0. The Hall–Kier alpha value is -1.72. The number of nitrogens with zero attached hydrogens (tertiary/aromatic N) is 3. The quantitative estimate of drug-likeness (QED) is 0.911. The van der Waals surface area contributed by atoms with Gasteiger partial charge < -0.3 is 14.4 Å². The van der Waals surface area contributed by atoms with Crippen molar-refractivity contribution < 1.29 is 9.84 Å². The molecule has 1 aliphatic heterocycles. The number of fused-ring (bicyclic) bond motifs is 1. The highest BCUT2D eigenvalue weighted by atomic mass is 16.5. The topological polar surface area (TPSA) is 60.2 Å². The number of aliphatic hydroxyl groups is 1. The SMILES string of the molecule is CC(C)(C)n1c(CO)nnc1-c1ccc2c(c1)COC2. The first-order valence-corrected chi connectivity index (χ1v) is 6.76. The Labute approximate surface area is 118 Å². The molecule has 0 fully saturated rings. The maximum atomic E-state index is 9.45. The zero-order chi connectivity index (χ0) is 14.3. The van der Waals surface area contributed by atoms with Crippen LogP contribution < -0.4 is 0 Å². The molecule has 0 aliphatic carbocycles. The molecule has 1 aromatic carbocycles. The molecule has 0 bridgehead atoms. The van der Waals surface area contributed by atoms with Crippen LogP contribution in [-0.4, -0.2) is 19.9 Å². The van der Waals surface area contributed by atoms with E-state index in [2.05, 4.69) is 43.1 Å². The van der Waals surface area contributed by atoms with Crippen LogP contribution in [0.15, 0.2) is 18.2 Å². The summed E-state index contributed by atoms with van der Waals surface area (Å²) in [5.41, 5.74) is 3.26. The van der Waals surface area contributed by atoms with Gasteiger partial charge in [0.1, 0.15) is 6.61 Å². The lowest BCUT2D eigenvalue weighted by atomic mass is 10.0. The van der Waals surface area contributed by atoms with Gasteiger partial charge in [-0.15, -0.1) is 10.2 Å². The van der Waals surface area contributed by atoms with Gasteiger partial charge in [-0.05, 0) is 38.0 Å². The van der Waals surface area contributed by atoms with Gasteiger partial charge in [-0.3, -0.25) is 0 Å². The highest BCUT2D eigenvalue weighted by molar-refractivity contribution is 5.58. The van der Waals surface area contributed by atoms with Crippen molar-refractivity contribution in [2.45, 2.75) is 46.1 Å². The first-order valence-electron chi connectivity index (χ1n) is 6.76. The zero-order valence-corrected chi connectivity index (χ0v) is 12.1. The van der Waals surface area contributed by atoms with Gasteiger partial charge in [0.25, 0.3) is 0 Å². The Morgan fingerprint density at radius 2 is 1.95 bits per heavy atom. The van der Waals surface area contributed by atoms with Crippen molar-refractivity contribution in [2.24, 2.45) is 0 Å². The average Bonchev–Trinajstić information content (AvgIpc) is 3.03. The van der Waals surface area contributed by atoms with Crippen LogP contribution in [0.2, 0.25) is 0 Å². The molecule has 2 aromatic rings. The third-order valence-corrected chi connectivity index (χ3v) is 3.52. The lowest BCUT2D eigenvalue weighted by molar-refractivity contribution is 0.134. The molecule has 0 unspecified atom stereocenters. The van der Waals surface area contributed by atoms with Crippen LogP contribution in [-0.2, 0) is 30.1 Å². The summed E-state index contributed by atoms with van der Waals surface area (Å²) in [4.78, 5) is 0. The number of rotatable bonds is 2. The van der Waals surface area contributed by atoms with Crippen molar-refractivity contribution in [3.8, 4) is 11.4 Å². The van der Waals surface area contributed by atoms with Crippen molar-refractivity contribution in [3.63, 3.8) is 0 Å². The predicted molar refractivity (Wildman–Crippen MR) is 74.9 cm³/mol. The van der Waals surface area contributed by atoms with Gasteiger partial charge in [0, 0.05) is 11.1 Å². The number of aliphatic hydroxyl groups excluding tert-OH is 1. The van der Waals surface area contributed by atoms with E-state index in [0.717, 1.165) is 11.4 Å². The summed E-state index contributed by atoms with van der Waals surface area (Å²) >= 11 is 0. The van der Waals surface area contributed by atoms with Crippen LogP contribution in [0.5, 0.6) is 0 Å². The smallest absolute Gasteiger partial charge is 0.164 e. The standard InChI is InChI=1S/C15H19N3O2/c1-15(2,3)18-13(7-19)16-17-14(18)10-4-5-11-8-20-9-12(11)6-10/h4-6,19H,7-9H2,1-3H3. The Balaban J connectivity index is 2.13. The normalized spacial score (nSPS) is 14.6. The third kappa shape index (κ3) is 2.13. The number of hydrogen-bond acceptors (Lipinski definition) is 4. The molecule has 5 heteroatoms. The number of benzene rings is 1. The highest BCUT2D eigenvalue weighted by Crippen LogP contribution is 2.29. The first-order chi connectivity index (χ1) is 9.50. The predicted octanol–water partition coefficient (Wildman–Crippen LogP) is 2.22. The van der Waals surface area contributed by atoms with E-state index in [0.29, 0.717) is 19.0 Å². The monoisotopic (exact) mass is 273 g/mol. The van der Waals surface area contributed by atoms with Gasteiger partial charge in [0.2, 0.25) is 0 Å². The van der Waals surface area contributed by atoms with Crippen molar-refractivity contribution in [1.29, 1.82) is 0 Å². The molecule has 1 N–H and O–H groups in total. The van der Waals surface area contributed by atoms with E-state index < -0.39 is 0 Å². The molecule has 20 heavy (non-hydrogen) atoms. The molecule has 106 valence electrons. The first kappa shape index (κ1) is 13.3. The summed E-state index contributed by atoms with van der Waals surface area (Å²) in [6.45, 7) is 7.46. The zero-order valence-electron chi connectivity index (χ0n) is 12.1. The summed E-state index contributed by atoms with van der Waals surface area (Å²) in [5, 5.41) is 17.8.